The lowest BCUT2D eigenvalue weighted by Crippen LogP contribution is -2.15. The van der Waals surface area contributed by atoms with Gasteiger partial charge in [0.25, 0.3) is 0 Å². The first-order valence-electron chi connectivity index (χ1n) is 5.90. The molecule has 0 fully saturated rings. The minimum atomic E-state index is -0.762. The van der Waals surface area contributed by atoms with E-state index in [2.05, 4.69) is 5.32 Å². The molecule has 1 aromatic rings. The minimum Gasteiger partial charge on any atom is -0.462 e. The summed E-state index contributed by atoms with van der Waals surface area (Å²) in [6.07, 6.45) is -0.391. The molecule has 7 nitrogen and oxygen atoms in total. The standard InChI is InChI=1S/C13H14N2O5/c1-4-19-13(18)11-10(7(2)16)8(3)20-12(11)15-9(17)5-6-14/h4-5H2,1-3H3,(H,15,17). The number of carbonyl (C=O) groups is 3. The maximum absolute atomic E-state index is 11.9. The number of ketones is 1. The van der Waals surface area contributed by atoms with Crippen molar-refractivity contribution in [2.24, 2.45) is 0 Å². The van der Waals surface area contributed by atoms with Gasteiger partial charge in [0.05, 0.1) is 18.2 Å². The van der Waals surface area contributed by atoms with Crippen LogP contribution in [0.15, 0.2) is 4.42 Å². The van der Waals surface area contributed by atoms with E-state index in [4.69, 9.17) is 14.4 Å². The lowest BCUT2D eigenvalue weighted by atomic mass is 10.1. The van der Waals surface area contributed by atoms with Crippen LogP contribution in [0.1, 0.15) is 46.7 Å². The van der Waals surface area contributed by atoms with Crippen LogP contribution in [0.4, 0.5) is 5.88 Å². The number of esters is 1. The molecule has 0 atom stereocenters. The molecule has 20 heavy (non-hydrogen) atoms. The molecule has 0 bridgehead atoms. The quantitative estimate of drug-likeness (QED) is 0.649. The van der Waals surface area contributed by atoms with E-state index < -0.39 is 18.3 Å². The molecule has 0 unspecified atom stereocenters. The highest BCUT2D eigenvalue weighted by atomic mass is 16.5. The van der Waals surface area contributed by atoms with Gasteiger partial charge in [0.15, 0.2) is 5.78 Å². The van der Waals surface area contributed by atoms with Gasteiger partial charge in [-0.15, -0.1) is 0 Å². The molecule has 7 heteroatoms. The van der Waals surface area contributed by atoms with Crippen LogP contribution >= 0.6 is 0 Å². The largest absolute Gasteiger partial charge is 0.462 e. The van der Waals surface area contributed by atoms with E-state index in [-0.39, 0.29) is 35.2 Å². The van der Waals surface area contributed by atoms with Crippen LogP contribution in [-0.4, -0.2) is 24.3 Å². The average molecular weight is 278 g/mol. The number of nitrogens with zero attached hydrogens (tertiary/aromatic N) is 1. The fourth-order valence-electron chi connectivity index (χ4n) is 1.70. The fraction of sp³-hybridized carbons (Fsp3) is 0.385. The molecular formula is C13H14N2O5. The van der Waals surface area contributed by atoms with Crippen molar-refractivity contribution in [3.05, 3.63) is 16.9 Å². The molecule has 0 spiro atoms. The Morgan fingerprint density at radius 3 is 2.50 bits per heavy atom. The molecule has 1 aromatic heterocycles. The van der Waals surface area contributed by atoms with Crippen molar-refractivity contribution in [2.75, 3.05) is 11.9 Å². The third kappa shape index (κ3) is 3.23. The van der Waals surface area contributed by atoms with Gasteiger partial charge in [0.1, 0.15) is 17.7 Å². The third-order valence-corrected chi connectivity index (χ3v) is 2.41. The zero-order valence-electron chi connectivity index (χ0n) is 11.4. The summed E-state index contributed by atoms with van der Waals surface area (Å²) in [5, 5.41) is 10.7. The maximum atomic E-state index is 11.9. The lowest BCUT2D eigenvalue weighted by Gasteiger charge is -2.04. The van der Waals surface area contributed by atoms with Crippen LogP contribution in [0, 0.1) is 18.3 Å². The number of hydrogen-bond acceptors (Lipinski definition) is 6. The van der Waals surface area contributed by atoms with Crippen LogP contribution in [0.25, 0.3) is 0 Å². The number of amides is 1. The predicted molar refractivity (Wildman–Crippen MR) is 68.3 cm³/mol. The molecule has 106 valence electrons. The van der Waals surface area contributed by atoms with Gasteiger partial charge in [0, 0.05) is 0 Å². The van der Waals surface area contributed by atoms with Crippen molar-refractivity contribution < 1.29 is 23.5 Å². The highest BCUT2D eigenvalue weighted by Gasteiger charge is 2.28. The van der Waals surface area contributed by atoms with Crippen LogP contribution in [0.2, 0.25) is 0 Å². The van der Waals surface area contributed by atoms with Gasteiger partial charge in [-0.2, -0.15) is 5.26 Å². The van der Waals surface area contributed by atoms with E-state index >= 15 is 0 Å². The minimum absolute atomic E-state index is 0.0655. The van der Waals surface area contributed by atoms with Crippen molar-refractivity contribution in [3.8, 4) is 6.07 Å². The van der Waals surface area contributed by atoms with Gasteiger partial charge >= 0.3 is 5.97 Å². The number of aryl methyl sites for hydroxylation is 1. The fourth-order valence-corrected chi connectivity index (χ4v) is 1.70. The molecule has 0 radical (unpaired) electrons. The molecule has 0 aliphatic carbocycles. The topological polar surface area (TPSA) is 109 Å². The van der Waals surface area contributed by atoms with E-state index in [0.717, 1.165) is 0 Å². The molecule has 0 saturated carbocycles. The Labute approximate surface area is 115 Å². The van der Waals surface area contributed by atoms with Crippen molar-refractivity contribution >= 4 is 23.5 Å². The van der Waals surface area contributed by atoms with Crippen molar-refractivity contribution in [1.82, 2.24) is 0 Å². The summed E-state index contributed by atoms with van der Waals surface area (Å²) in [6, 6.07) is 1.67. The number of rotatable bonds is 5. The number of nitrogens with one attached hydrogen (secondary N) is 1. The summed E-state index contributed by atoms with van der Waals surface area (Å²) in [6.45, 7) is 4.51. The molecule has 0 aliphatic heterocycles. The van der Waals surface area contributed by atoms with Crippen molar-refractivity contribution in [2.45, 2.75) is 27.2 Å². The maximum Gasteiger partial charge on any atom is 0.344 e. The van der Waals surface area contributed by atoms with E-state index in [1.54, 1.807) is 13.0 Å². The molecule has 0 aromatic carbocycles. The first-order valence-corrected chi connectivity index (χ1v) is 5.90. The number of carbonyl (C=O) groups excluding carboxylic acids is 3. The third-order valence-electron chi connectivity index (χ3n) is 2.41. The summed E-state index contributed by atoms with van der Waals surface area (Å²) in [7, 11) is 0. The first-order chi connectivity index (χ1) is 9.42. The Morgan fingerprint density at radius 2 is 2.00 bits per heavy atom. The highest BCUT2D eigenvalue weighted by molar-refractivity contribution is 6.10. The van der Waals surface area contributed by atoms with Gasteiger partial charge in [-0.3, -0.25) is 14.9 Å². The second kappa shape index (κ2) is 6.52. The smallest absolute Gasteiger partial charge is 0.344 e. The Bertz CT molecular complexity index is 595. The zero-order valence-corrected chi connectivity index (χ0v) is 11.4. The molecule has 0 saturated heterocycles. The van der Waals surface area contributed by atoms with Crippen LogP contribution in [0.5, 0.6) is 0 Å². The monoisotopic (exact) mass is 278 g/mol. The van der Waals surface area contributed by atoms with E-state index in [9.17, 15) is 14.4 Å². The summed E-state index contributed by atoms with van der Waals surface area (Å²) in [5.41, 5.74) is -0.0566. The molecule has 1 heterocycles. The predicted octanol–water partition coefficient (Wildman–Crippen LogP) is 1.82. The molecule has 1 amide bonds. The summed E-state index contributed by atoms with van der Waals surface area (Å²) in [5.74, 6) is -1.75. The Morgan fingerprint density at radius 1 is 1.35 bits per heavy atom. The molecule has 1 rings (SSSR count). The summed E-state index contributed by atoms with van der Waals surface area (Å²) >= 11 is 0. The van der Waals surface area contributed by atoms with Crippen LogP contribution in [-0.2, 0) is 9.53 Å². The summed E-state index contributed by atoms with van der Waals surface area (Å²) < 4.78 is 10.1. The SMILES string of the molecule is CCOC(=O)c1c(NC(=O)CC#N)oc(C)c1C(C)=O. The van der Waals surface area contributed by atoms with Gasteiger partial charge in [0.2, 0.25) is 11.8 Å². The van der Waals surface area contributed by atoms with Crippen molar-refractivity contribution in [1.29, 1.82) is 5.26 Å². The van der Waals surface area contributed by atoms with Crippen molar-refractivity contribution in [3.63, 3.8) is 0 Å². The lowest BCUT2D eigenvalue weighted by molar-refractivity contribution is -0.115. The second-order valence-electron chi connectivity index (χ2n) is 3.90. The zero-order chi connectivity index (χ0) is 15.3. The number of furan rings is 1. The number of anilines is 1. The Hall–Kier alpha value is -2.62. The van der Waals surface area contributed by atoms with Gasteiger partial charge in [-0.25, -0.2) is 4.79 Å². The molecule has 1 N–H and O–H groups in total. The number of nitriles is 1. The summed E-state index contributed by atoms with van der Waals surface area (Å²) in [4.78, 5) is 34.9. The van der Waals surface area contributed by atoms with E-state index in [0.29, 0.717) is 0 Å². The van der Waals surface area contributed by atoms with Gasteiger partial charge in [-0.1, -0.05) is 0 Å². The normalized spacial score (nSPS) is 9.70. The van der Waals surface area contributed by atoms with E-state index in [1.807, 2.05) is 0 Å². The number of Topliss-reactive ketones (excluding diaryl/α,β-unsaturated/α-hetero) is 1. The van der Waals surface area contributed by atoms with Crippen LogP contribution < -0.4 is 5.32 Å². The van der Waals surface area contributed by atoms with Gasteiger partial charge < -0.3 is 9.15 Å². The Kier molecular flexibility index (Phi) is 5.03. The molecule has 0 aliphatic rings. The first kappa shape index (κ1) is 15.4. The number of ether oxygens (including phenoxy) is 1. The average Bonchev–Trinajstić information content (AvgIpc) is 2.66. The van der Waals surface area contributed by atoms with Crippen LogP contribution in [0.3, 0.4) is 0 Å². The van der Waals surface area contributed by atoms with E-state index in [1.165, 1.54) is 13.8 Å². The molecular weight excluding hydrogens is 264 g/mol. The van der Waals surface area contributed by atoms with Gasteiger partial charge in [-0.05, 0) is 20.8 Å². The Balaban J connectivity index is 3.27. The highest BCUT2D eigenvalue weighted by Crippen LogP contribution is 2.28. The number of hydrogen-bond donors (Lipinski definition) is 1. The second-order valence-corrected chi connectivity index (χ2v) is 3.90.